The second-order valence-electron chi connectivity index (χ2n) is 8.32. The van der Waals surface area contributed by atoms with Crippen LogP contribution in [0, 0.1) is 18.3 Å². The van der Waals surface area contributed by atoms with E-state index in [4.69, 9.17) is 10.2 Å². The van der Waals surface area contributed by atoms with Gasteiger partial charge in [-0.15, -0.1) is 0 Å². The van der Waals surface area contributed by atoms with Gasteiger partial charge >= 0.3 is 0 Å². The van der Waals surface area contributed by atoms with Gasteiger partial charge in [-0.1, -0.05) is 6.07 Å². The first kappa shape index (κ1) is 22.5. The van der Waals surface area contributed by atoms with Crippen molar-refractivity contribution in [1.29, 1.82) is 5.26 Å². The number of pyridine rings is 2. The van der Waals surface area contributed by atoms with E-state index in [1.807, 2.05) is 35.1 Å². The Morgan fingerprint density at radius 1 is 1.03 bits per heavy atom. The third-order valence-corrected chi connectivity index (χ3v) is 7.12. The first-order valence-electron chi connectivity index (χ1n) is 11.0. The van der Waals surface area contributed by atoms with Gasteiger partial charge in [0.25, 0.3) is 0 Å². The maximum atomic E-state index is 11.7. The highest BCUT2D eigenvalue weighted by Gasteiger charge is 2.14. The summed E-state index contributed by atoms with van der Waals surface area (Å²) >= 11 is 0. The van der Waals surface area contributed by atoms with Gasteiger partial charge in [0, 0.05) is 46.1 Å². The van der Waals surface area contributed by atoms with Crippen molar-refractivity contribution in [2.75, 3.05) is 11.6 Å². The normalized spacial score (nSPS) is 11.6. The van der Waals surface area contributed by atoms with Crippen LogP contribution in [0.4, 0.5) is 11.5 Å². The fourth-order valence-corrected chi connectivity index (χ4v) is 4.79. The molecule has 2 aromatic carbocycles. The number of aryl methyl sites for hydroxylation is 2. The van der Waals surface area contributed by atoms with Crippen molar-refractivity contribution >= 4 is 43.0 Å². The van der Waals surface area contributed by atoms with Gasteiger partial charge in [-0.05, 0) is 55.0 Å². The third kappa shape index (κ3) is 4.32. The van der Waals surface area contributed by atoms with Crippen LogP contribution >= 0.6 is 0 Å². The summed E-state index contributed by atoms with van der Waals surface area (Å²) in [5.41, 5.74) is 4.62. The SMILES string of the molecule is Cc1c(-c2nccc3cnc(Nc4ccc(S(C)(=O)=O)cc4)cc23)ccc2c1cnn2CCC#N. The van der Waals surface area contributed by atoms with Crippen LogP contribution in [-0.4, -0.2) is 34.4 Å². The summed E-state index contributed by atoms with van der Waals surface area (Å²) in [6.45, 7) is 2.61. The fraction of sp³-hybridized carbons (Fsp3) is 0.154. The van der Waals surface area contributed by atoms with Crippen LogP contribution in [0.3, 0.4) is 0 Å². The molecule has 3 aromatic heterocycles. The van der Waals surface area contributed by atoms with Crippen LogP contribution in [0.1, 0.15) is 12.0 Å². The number of nitrogens with one attached hydrogen (secondary N) is 1. The molecule has 5 rings (SSSR count). The minimum Gasteiger partial charge on any atom is -0.340 e. The summed E-state index contributed by atoms with van der Waals surface area (Å²) in [7, 11) is -3.25. The first-order chi connectivity index (χ1) is 16.8. The number of nitriles is 1. The average Bonchev–Trinajstić information content (AvgIpc) is 3.26. The smallest absolute Gasteiger partial charge is 0.175 e. The van der Waals surface area contributed by atoms with Crippen molar-refractivity contribution in [3.05, 3.63) is 72.7 Å². The topological polar surface area (TPSA) is 114 Å². The summed E-state index contributed by atoms with van der Waals surface area (Å²) in [4.78, 5) is 9.48. The first-order valence-corrected chi connectivity index (χ1v) is 12.9. The number of hydrogen-bond donors (Lipinski definition) is 1. The van der Waals surface area contributed by atoms with E-state index in [1.54, 1.807) is 36.7 Å². The molecule has 0 amide bonds. The number of benzene rings is 2. The number of aromatic nitrogens is 4. The second kappa shape index (κ2) is 8.81. The summed E-state index contributed by atoms with van der Waals surface area (Å²) in [6.07, 6.45) is 7.00. The van der Waals surface area contributed by atoms with Gasteiger partial charge in [-0.25, -0.2) is 13.4 Å². The zero-order chi connectivity index (χ0) is 24.6. The van der Waals surface area contributed by atoms with Gasteiger partial charge in [-0.2, -0.15) is 10.4 Å². The molecule has 0 bridgehead atoms. The minimum absolute atomic E-state index is 0.267. The Kier molecular flexibility index (Phi) is 5.67. The maximum Gasteiger partial charge on any atom is 0.175 e. The fourth-order valence-electron chi connectivity index (χ4n) is 4.16. The molecule has 35 heavy (non-hydrogen) atoms. The van der Waals surface area contributed by atoms with Crippen molar-refractivity contribution in [2.24, 2.45) is 0 Å². The standard InChI is InChI=1S/C26H22N6O2S/c1-17-21(8-9-24-23(17)16-30-32(24)13-3-11-27)26-22-14-25(29-15-18(22)10-12-28-26)31-19-4-6-20(7-5-19)35(2,33)34/h4-10,12,14-16H,3,13H2,1-2H3,(H,29,31). The van der Waals surface area contributed by atoms with Gasteiger partial charge in [0.1, 0.15) is 5.82 Å². The lowest BCUT2D eigenvalue weighted by atomic mass is 9.98. The van der Waals surface area contributed by atoms with Crippen molar-refractivity contribution in [1.82, 2.24) is 19.7 Å². The molecule has 9 heteroatoms. The molecule has 174 valence electrons. The highest BCUT2D eigenvalue weighted by Crippen LogP contribution is 2.34. The molecule has 0 saturated heterocycles. The van der Waals surface area contributed by atoms with E-state index in [2.05, 4.69) is 28.4 Å². The lowest BCUT2D eigenvalue weighted by Crippen LogP contribution is -1.99. The zero-order valence-electron chi connectivity index (χ0n) is 19.2. The lowest BCUT2D eigenvalue weighted by Gasteiger charge is -2.12. The Morgan fingerprint density at radius 2 is 1.83 bits per heavy atom. The molecule has 0 aliphatic rings. The number of anilines is 2. The molecule has 0 radical (unpaired) electrons. The van der Waals surface area contributed by atoms with Gasteiger partial charge in [0.2, 0.25) is 0 Å². The van der Waals surface area contributed by atoms with Gasteiger partial charge in [-0.3, -0.25) is 9.67 Å². The molecule has 1 N–H and O–H groups in total. The molecule has 0 unspecified atom stereocenters. The zero-order valence-corrected chi connectivity index (χ0v) is 20.0. The monoisotopic (exact) mass is 482 g/mol. The Balaban J connectivity index is 1.54. The van der Waals surface area contributed by atoms with Crippen LogP contribution < -0.4 is 5.32 Å². The van der Waals surface area contributed by atoms with E-state index in [0.717, 1.165) is 44.2 Å². The van der Waals surface area contributed by atoms with Crippen LogP contribution in [0.15, 0.2) is 72.0 Å². The molecule has 0 atom stereocenters. The molecule has 0 fully saturated rings. The number of rotatable bonds is 6. The van der Waals surface area contributed by atoms with Crippen molar-refractivity contribution in [3.8, 4) is 17.3 Å². The molecular formula is C26H22N6O2S. The number of nitrogens with zero attached hydrogens (tertiary/aromatic N) is 5. The Labute approximate surface area is 202 Å². The average molecular weight is 483 g/mol. The molecule has 8 nitrogen and oxygen atoms in total. The van der Waals surface area contributed by atoms with Crippen molar-refractivity contribution in [2.45, 2.75) is 24.8 Å². The van der Waals surface area contributed by atoms with Crippen molar-refractivity contribution in [3.63, 3.8) is 0 Å². The molecule has 0 spiro atoms. The summed E-state index contributed by atoms with van der Waals surface area (Å²) in [6, 6.07) is 16.7. The number of hydrogen-bond acceptors (Lipinski definition) is 7. The second-order valence-corrected chi connectivity index (χ2v) is 10.3. The Morgan fingerprint density at radius 3 is 2.57 bits per heavy atom. The molecule has 0 saturated carbocycles. The number of fused-ring (bicyclic) bond motifs is 2. The molecule has 0 aliphatic carbocycles. The largest absolute Gasteiger partial charge is 0.340 e. The van der Waals surface area contributed by atoms with Crippen LogP contribution in [0.2, 0.25) is 0 Å². The quantitative estimate of drug-likeness (QED) is 0.362. The maximum absolute atomic E-state index is 11.7. The minimum atomic E-state index is -3.25. The molecule has 5 aromatic rings. The lowest BCUT2D eigenvalue weighted by molar-refractivity contribution is 0.602. The summed E-state index contributed by atoms with van der Waals surface area (Å²) < 4.78 is 25.3. The van der Waals surface area contributed by atoms with E-state index in [0.29, 0.717) is 18.8 Å². The summed E-state index contributed by atoms with van der Waals surface area (Å²) in [5.74, 6) is 0.627. The Hall–Kier alpha value is -4.29. The number of sulfone groups is 1. The van der Waals surface area contributed by atoms with Gasteiger partial charge in [0.15, 0.2) is 9.84 Å². The van der Waals surface area contributed by atoms with E-state index in [9.17, 15) is 8.42 Å². The van der Waals surface area contributed by atoms with E-state index < -0.39 is 9.84 Å². The third-order valence-electron chi connectivity index (χ3n) is 5.99. The van der Waals surface area contributed by atoms with E-state index in [-0.39, 0.29) is 4.90 Å². The Bertz CT molecular complexity index is 1720. The van der Waals surface area contributed by atoms with Gasteiger partial charge < -0.3 is 5.32 Å². The predicted molar refractivity (Wildman–Crippen MR) is 136 cm³/mol. The highest BCUT2D eigenvalue weighted by atomic mass is 32.2. The molecule has 0 aliphatic heterocycles. The van der Waals surface area contributed by atoms with Crippen molar-refractivity contribution < 1.29 is 8.42 Å². The molecule has 3 heterocycles. The van der Waals surface area contributed by atoms with Gasteiger partial charge in [0.05, 0.1) is 41.3 Å². The van der Waals surface area contributed by atoms with Crippen LogP contribution in [-0.2, 0) is 16.4 Å². The highest BCUT2D eigenvalue weighted by molar-refractivity contribution is 7.90. The van der Waals surface area contributed by atoms with Crippen LogP contribution in [0.5, 0.6) is 0 Å². The summed E-state index contributed by atoms with van der Waals surface area (Å²) in [5, 5.41) is 19.5. The predicted octanol–water partition coefficient (Wildman–Crippen LogP) is 5.02. The molecular weight excluding hydrogens is 460 g/mol. The van der Waals surface area contributed by atoms with Crippen LogP contribution in [0.25, 0.3) is 32.9 Å². The van der Waals surface area contributed by atoms with E-state index in [1.165, 1.54) is 6.26 Å². The van der Waals surface area contributed by atoms with E-state index >= 15 is 0 Å².